The number of hydrogen-bond donors (Lipinski definition) is 1. The van der Waals surface area contributed by atoms with E-state index in [1.807, 2.05) is 43.6 Å². The molecule has 4 nitrogen and oxygen atoms in total. The van der Waals surface area contributed by atoms with Crippen molar-refractivity contribution in [3.05, 3.63) is 42.2 Å². The third-order valence-corrected chi connectivity index (χ3v) is 2.99. The van der Waals surface area contributed by atoms with Gasteiger partial charge in [-0.2, -0.15) is 5.10 Å². The second-order valence-corrected chi connectivity index (χ2v) is 4.70. The van der Waals surface area contributed by atoms with Gasteiger partial charge in [0.05, 0.1) is 18.3 Å². The average molecular weight is 259 g/mol. The van der Waals surface area contributed by atoms with Crippen LogP contribution in [0.15, 0.2) is 36.5 Å². The lowest BCUT2D eigenvalue weighted by Crippen LogP contribution is -2.09. The van der Waals surface area contributed by atoms with Crippen LogP contribution in [0.1, 0.15) is 26.0 Å². The number of rotatable bonds is 6. The molecule has 0 aliphatic carbocycles. The van der Waals surface area contributed by atoms with Crippen molar-refractivity contribution in [1.29, 1.82) is 0 Å². The van der Waals surface area contributed by atoms with Gasteiger partial charge in [-0.05, 0) is 31.5 Å². The Bertz CT molecular complexity index is 522. The standard InChI is InChI=1S/C15H21N3O/c1-4-12(2)19-15-7-5-6-13(10-15)16-11-14-8-9-18(3)17-14/h5-10,12,16H,4,11H2,1-3H3. The fourth-order valence-corrected chi connectivity index (χ4v) is 1.75. The highest BCUT2D eigenvalue weighted by Crippen LogP contribution is 2.19. The van der Waals surface area contributed by atoms with Crippen LogP contribution in [0.3, 0.4) is 0 Å². The molecule has 1 heterocycles. The van der Waals surface area contributed by atoms with Gasteiger partial charge in [0.15, 0.2) is 0 Å². The smallest absolute Gasteiger partial charge is 0.121 e. The van der Waals surface area contributed by atoms with Gasteiger partial charge in [0.1, 0.15) is 5.75 Å². The van der Waals surface area contributed by atoms with Crippen LogP contribution < -0.4 is 10.1 Å². The van der Waals surface area contributed by atoms with Gasteiger partial charge in [-0.3, -0.25) is 4.68 Å². The fraction of sp³-hybridized carbons (Fsp3) is 0.400. The van der Waals surface area contributed by atoms with Crippen LogP contribution in [0.4, 0.5) is 5.69 Å². The van der Waals surface area contributed by atoms with E-state index >= 15 is 0 Å². The van der Waals surface area contributed by atoms with Crippen LogP contribution in [0.25, 0.3) is 0 Å². The molecule has 2 aromatic rings. The molecule has 0 amide bonds. The van der Waals surface area contributed by atoms with Crippen molar-refractivity contribution in [1.82, 2.24) is 9.78 Å². The molecule has 102 valence electrons. The maximum absolute atomic E-state index is 5.80. The zero-order valence-electron chi connectivity index (χ0n) is 11.8. The van der Waals surface area contributed by atoms with Gasteiger partial charge in [-0.15, -0.1) is 0 Å². The van der Waals surface area contributed by atoms with Crippen LogP contribution in [0.5, 0.6) is 5.75 Å². The zero-order valence-corrected chi connectivity index (χ0v) is 11.8. The van der Waals surface area contributed by atoms with Gasteiger partial charge in [0, 0.05) is 25.0 Å². The van der Waals surface area contributed by atoms with Gasteiger partial charge in [0.25, 0.3) is 0 Å². The molecule has 0 saturated carbocycles. The number of nitrogens with zero attached hydrogens (tertiary/aromatic N) is 2. The van der Waals surface area contributed by atoms with E-state index in [9.17, 15) is 0 Å². The first-order valence-corrected chi connectivity index (χ1v) is 6.66. The molecular weight excluding hydrogens is 238 g/mol. The van der Waals surface area contributed by atoms with Crippen molar-refractivity contribution in [3.8, 4) is 5.75 Å². The third kappa shape index (κ3) is 4.02. The van der Waals surface area contributed by atoms with Crippen molar-refractivity contribution < 1.29 is 4.74 Å². The zero-order chi connectivity index (χ0) is 13.7. The summed E-state index contributed by atoms with van der Waals surface area (Å²) < 4.78 is 7.61. The molecule has 0 bridgehead atoms. The summed E-state index contributed by atoms with van der Waals surface area (Å²) >= 11 is 0. The summed E-state index contributed by atoms with van der Waals surface area (Å²) in [5.74, 6) is 0.903. The molecule has 1 aromatic heterocycles. The molecular formula is C15H21N3O. The van der Waals surface area contributed by atoms with Gasteiger partial charge < -0.3 is 10.1 Å². The Labute approximate surface area is 114 Å². The van der Waals surface area contributed by atoms with Gasteiger partial charge in [-0.1, -0.05) is 13.0 Å². The third-order valence-electron chi connectivity index (χ3n) is 2.99. The predicted molar refractivity (Wildman–Crippen MR) is 77.4 cm³/mol. The summed E-state index contributed by atoms with van der Waals surface area (Å²) in [6.07, 6.45) is 3.19. The number of aromatic nitrogens is 2. The van der Waals surface area contributed by atoms with E-state index in [0.717, 1.165) is 23.6 Å². The van der Waals surface area contributed by atoms with Gasteiger partial charge in [-0.25, -0.2) is 0 Å². The first-order chi connectivity index (χ1) is 9.17. The second-order valence-electron chi connectivity index (χ2n) is 4.70. The molecule has 0 saturated heterocycles. The molecule has 0 aliphatic rings. The molecule has 1 N–H and O–H groups in total. The van der Waals surface area contributed by atoms with E-state index in [1.165, 1.54) is 0 Å². The summed E-state index contributed by atoms with van der Waals surface area (Å²) in [5.41, 5.74) is 2.07. The number of anilines is 1. The van der Waals surface area contributed by atoms with E-state index < -0.39 is 0 Å². The molecule has 0 fully saturated rings. The minimum Gasteiger partial charge on any atom is -0.491 e. The van der Waals surface area contributed by atoms with E-state index in [2.05, 4.69) is 24.3 Å². The Morgan fingerprint density at radius 1 is 1.37 bits per heavy atom. The molecule has 0 spiro atoms. The minimum atomic E-state index is 0.242. The molecule has 1 unspecified atom stereocenters. The monoisotopic (exact) mass is 259 g/mol. The largest absolute Gasteiger partial charge is 0.491 e. The lowest BCUT2D eigenvalue weighted by molar-refractivity contribution is 0.217. The Balaban J connectivity index is 1.95. The maximum atomic E-state index is 5.80. The highest BCUT2D eigenvalue weighted by molar-refractivity contribution is 5.48. The van der Waals surface area contributed by atoms with E-state index in [-0.39, 0.29) is 6.10 Å². The number of ether oxygens (including phenoxy) is 1. The Hall–Kier alpha value is -1.97. The number of aryl methyl sites for hydroxylation is 1. The van der Waals surface area contributed by atoms with Gasteiger partial charge in [0.2, 0.25) is 0 Å². The SMILES string of the molecule is CCC(C)Oc1cccc(NCc2ccn(C)n2)c1. The van der Waals surface area contributed by atoms with Crippen LogP contribution in [-0.4, -0.2) is 15.9 Å². The molecule has 2 rings (SSSR count). The summed E-state index contributed by atoms with van der Waals surface area (Å²) in [6.45, 7) is 4.91. The summed E-state index contributed by atoms with van der Waals surface area (Å²) in [4.78, 5) is 0. The van der Waals surface area contributed by atoms with E-state index in [0.29, 0.717) is 6.54 Å². The predicted octanol–water partition coefficient (Wildman–Crippen LogP) is 3.21. The molecule has 19 heavy (non-hydrogen) atoms. The van der Waals surface area contributed by atoms with Crippen molar-refractivity contribution in [2.75, 3.05) is 5.32 Å². The van der Waals surface area contributed by atoms with Crippen LogP contribution >= 0.6 is 0 Å². The molecule has 1 atom stereocenters. The Morgan fingerprint density at radius 3 is 2.89 bits per heavy atom. The second kappa shape index (κ2) is 6.27. The quantitative estimate of drug-likeness (QED) is 0.865. The Kier molecular flexibility index (Phi) is 4.44. The number of nitrogens with one attached hydrogen (secondary N) is 1. The van der Waals surface area contributed by atoms with E-state index in [1.54, 1.807) is 4.68 Å². The van der Waals surface area contributed by atoms with E-state index in [4.69, 9.17) is 4.74 Å². The lowest BCUT2D eigenvalue weighted by Gasteiger charge is -2.13. The van der Waals surface area contributed by atoms with Crippen molar-refractivity contribution in [2.45, 2.75) is 32.9 Å². The maximum Gasteiger partial charge on any atom is 0.121 e. The number of hydrogen-bond acceptors (Lipinski definition) is 3. The lowest BCUT2D eigenvalue weighted by atomic mass is 10.2. The first-order valence-electron chi connectivity index (χ1n) is 6.66. The summed E-state index contributed by atoms with van der Waals surface area (Å²) in [7, 11) is 1.92. The van der Waals surface area contributed by atoms with Crippen molar-refractivity contribution in [3.63, 3.8) is 0 Å². The fourth-order valence-electron chi connectivity index (χ4n) is 1.75. The highest BCUT2D eigenvalue weighted by atomic mass is 16.5. The molecule has 1 aromatic carbocycles. The first kappa shape index (κ1) is 13.5. The topological polar surface area (TPSA) is 39.1 Å². The summed E-state index contributed by atoms with van der Waals surface area (Å²) in [5, 5.41) is 7.68. The average Bonchev–Trinajstić information content (AvgIpc) is 2.82. The van der Waals surface area contributed by atoms with Crippen LogP contribution in [0, 0.1) is 0 Å². The van der Waals surface area contributed by atoms with Crippen LogP contribution in [-0.2, 0) is 13.6 Å². The normalized spacial score (nSPS) is 12.2. The Morgan fingerprint density at radius 2 is 2.21 bits per heavy atom. The van der Waals surface area contributed by atoms with Crippen LogP contribution in [0.2, 0.25) is 0 Å². The van der Waals surface area contributed by atoms with Gasteiger partial charge >= 0.3 is 0 Å². The number of benzene rings is 1. The van der Waals surface area contributed by atoms with Crippen molar-refractivity contribution in [2.24, 2.45) is 7.05 Å². The molecule has 0 radical (unpaired) electrons. The minimum absolute atomic E-state index is 0.242. The van der Waals surface area contributed by atoms with Crippen molar-refractivity contribution >= 4 is 5.69 Å². The summed E-state index contributed by atoms with van der Waals surface area (Å²) in [6, 6.07) is 10.0. The highest BCUT2D eigenvalue weighted by Gasteiger charge is 2.02. The molecule has 4 heteroatoms. The molecule has 0 aliphatic heterocycles.